The summed E-state index contributed by atoms with van der Waals surface area (Å²) in [5.41, 5.74) is 2.70. The Balaban J connectivity index is 1.43. The first-order chi connectivity index (χ1) is 13.7. The number of methoxy groups -OCH3 is 1. The third kappa shape index (κ3) is 5.14. The van der Waals surface area contributed by atoms with Crippen LogP contribution in [0.25, 0.3) is 17.1 Å². The molecule has 1 aromatic heterocycles. The summed E-state index contributed by atoms with van der Waals surface area (Å²) < 4.78 is 5.06. The van der Waals surface area contributed by atoms with Gasteiger partial charge in [0.2, 0.25) is 5.91 Å². The van der Waals surface area contributed by atoms with Crippen LogP contribution in [0.15, 0.2) is 60.8 Å². The van der Waals surface area contributed by atoms with Crippen LogP contribution < -0.4 is 15.4 Å². The Labute approximate surface area is 162 Å². The molecule has 0 saturated heterocycles. The Morgan fingerprint density at radius 1 is 1.00 bits per heavy atom. The second kappa shape index (κ2) is 9.27. The maximum atomic E-state index is 12.0. The van der Waals surface area contributed by atoms with E-state index in [1.54, 1.807) is 43.6 Å². The molecular weight excluding hydrogens is 356 g/mol. The topological polar surface area (TPSA) is 93.2 Å². The standard InChI is InChI=1S/C21H20N4O3/c1-28-17-9-6-15(7-10-17)21(27)23-13-12-22-20(26)11-8-16-14-24-18-4-2-3-5-19(18)25-16/h2-11,14H,12-13H2,1H3,(H,22,26)(H,23,27)/b11-8+. The molecule has 2 N–H and O–H groups in total. The SMILES string of the molecule is COc1ccc(C(=O)NCCNC(=O)/C=C/c2cnc3ccccc3n2)cc1. The van der Waals surface area contributed by atoms with Gasteiger partial charge < -0.3 is 15.4 Å². The molecule has 1 heterocycles. The van der Waals surface area contributed by atoms with Crippen molar-refractivity contribution < 1.29 is 14.3 Å². The molecule has 0 aliphatic rings. The zero-order valence-corrected chi connectivity index (χ0v) is 15.4. The number of carbonyl (C=O) groups is 2. The third-order valence-corrected chi connectivity index (χ3v) is 3.93. The maximum Gasteiger partial charge on any atom is 0.251 e. The number of hydrogen-bond acceptors (Lipinski definition) is 5. The summed E-state index contributed by atoms with van der Waals surface area (Å²) in [6, 6.07) is 14.3. The second-order valence-corrected chi connectivity index (χ2v) is 5.89. The van der Waals surface area contributed by atoms with E-state index >= 15 is 0 Å². The van der Waals surface area contributed by atoms with Crippen molar-refractivity contribution in [3.8, 4) is 5.75 Å². The average Bonchev–Trinajstić information content (AvgIpc) is 2.75. The second-order valence-electron chi connectivity index (χ2n) is 5.89. The van der Waals surface area contributed by atoms with Crippen molar-refractivity contribution in [2.45, 2.75) is 0 Å². The molecule has 3 aromatic rings. The number of amides is 2. The van der Waals surface area contributed by atoms with E-state index in [4.69, 9.17) is 4.74 Å². The van der Waals surface area contributed by atoms with Gasteiger partial charge in [-0.3, -0.25) is 14.6 Å². The summed E-state index contributed by atoms with van der Waals surface area (Å²) in [6.45, 7) is 0.634. The molecule has 0 unspecified atom stereocenters. The highest BCUT2D eigenvalue weighted by molar-refractivity contribution is 5.94. The highest BCUT2D eigenvalue weighted by Gasteiger charge is 2.05. The minimum atomic E-state index is -0.270. The molecule has 2 aromatic carbocycles. The zero-order valence-electron chi connectivity index (χ0n) is 15.4. The van der Waals surface area contributed by atoms with Crippen LogP contribution >= 0.6 is 0 Å². The zero-order chi connectivity index (χ0) is 19.8. The van der Waals surface area contributed by atoms with E-state index in [0.717, 1.165) is 11.0 Å². The lowest BCUT2D eigenvalue weighted by Crippen LogP contribution is -2.33. The Hall–Kier alpha value is -3.74. The monoisotopic (exact) mass is 376 g/mol. The number of carbonyl (C=O) groups excluding carboxylic acids is 2. The normalized spacial score (nSPS) is 10.8. The number of hydrogen-bond donors (Lipinski definition) is 2. The van der Waals surface area contributed by atoms with E-state index in [2.05, 4.69) is 20.6 Å². The van der Waals surface area contributed by atoms with Crippen molar-refractivity contribution in [2.75, 3.05) is 20.2 Å². The van der Waals surface area contributed by atoms with Crippen molar-refractivity contribution in [3.63, 3.8) is 0 Å². The van der Waals surface area contributed by atoms with Gasteiger partial charge in [-0.05, 0) is 42.5 Å². The molecule has 0 bridgehead atoms. The number of ether oxygens (including phenoxy) is 1. The molecule has 0 aliphatic heterocycles. The van der Waals surface area contributed by atoms with E-state index in [9.17, 15) is 9.59 Å². The predicted molar refractivity (Wildman–Crippen MR) is 107 cm³/mol. The summed E-state index contributed by atoms with van der Waals surface area (Å²) in [4.78, 5) is 32.6. The first-order valence-electron chi connectivity index (χ1n) is 8.75. The van der Waals surface area contributed by atoms with E-state index in [1.807, 2.05) is 24.3 Å². The molecular formula is C21H20N4O3. The van der Waals surface area contributed by atoms with Gasteiger partial charge in [-0.25, -0.2) is 4.98 Å². The first-order valence-corrected chi connectivity index (χ1v) is 8.75. The number of fused-ring (bicyclic) bond motifs is 1. The van der Waals surface area contributed by atoms with Crippen LogP contribution in [0.5, 0.6) is 5.75 Å². The molecule has 0 fully saturated rings. The quantitative estimate of drug-likeness (QED) is 0.487. The van der Waals surface area contributed by atoms with Crippen LogP contribution in [-0.4, -0.2) is 42.0 Å². The summed E-state index contributed by atoms with van der Waals surface area (Å²) in [5.74, 6) is 0.208. The van der Waals surface area contributed by atoms with Gasteiger partial charge in [0.05, 0.1) is 30.0 Å². The van der Waals surface area contributed by atoms with Crippen molar-refractivity contribution in [3.05, 3.63) is 72.1 Å². The van der Waals surface area contributed by atoms with E-state index in [-0.39, 0.29) is 11.8 Å². The van der Waals surface area contributed by atoms with E-state index < -0.39 is 0 Å². The maximum absolute atomic E-state index is 12.0. The third-order valence-electron chi connectivity index (χ3n) is 3.93. The molecule has 7 heteroatoms. The van der Waals surface area contributed by atoms with Crippen molar-refractivity contribution >= 4 is 28.9 Å². The molecule has 0 aliphatic carbocycles. The Morgan fingerprint density at radius 2 is 1.71 bits per heavy atom. The van der Waals surface area contributed by atoms with Crippen molar-refractivity contribution in [1.82, 2.24) is 20.6 Å². The fraction of sp³-hybridized carbons (Fsp3) is 0.143. The Morgan fingerprint density at radius 3 is 2.46 bits per heavy atom. The smallest absolute Gasteiger partial charge is 0.251 e. The molecule has 142 valence electrons. The predicted octanol–water partition coefficient (Wildman–Crippen LogP) is 2.20. The Kier molecular flexibility index (Phi) is 6.30. The van der Waals surface area contributed by atoms with Crippen LogP contribution in [0, 0.1) is 0 Å². The molecule has 0 atom stereocenters. The highest BCUT2D eigenvalue weighted by Crippen LogP contribution is 2.11. The van der Waals surface area contributed by atoms with Crippen molar-refractivity contribution in [2.24, 2.45) is 0 Å². The van der Waals surface area contributed by atoms with Gasteiger partial charge in [0.25, 0.3) is 5.91 Å². The van der Waals surface area contributed by atoms with Gasteiger partial charge in [0.15, 0.2) is 0 Å². The van der Waals surface area contributed by atoms with Gasteiger partial charge in [-0.2, -0.15) is 0 Å². The number of aromatic nitrogens is 2. The number of benzene rings is 2. The van der Waals surface area contributed by atoms with E-state index in [1.165, 1.54) is 6.08 Å². The minimum Gasteiger partial charge on any atom is -0.497 e. The fourth-order valence-electron chi connectivity index (χ4n) is 2.48. The van der Waals surface area contributed by atoms with Crippen molar-refractivity contribution in [1.29, 1.82) is 0 Å². The molecule has 0 radical (unpaired) electrons. The number of rotatable bonds is 7. The molecule has 0 saturated carbocycles. The van der Waals surface area contributed by atoms with Gasteiger partial charge in [0, 0.05) is 24.7 Å². The lowest BCUT2D eigenvalue weighted by atomic mass is 10.2. The van der Waals surface area contributed by atoms with Gasteiger partial charge >= 0.3 is 0 Å². The van der Waals surface area contributed by atoms with Crippen LogP contribution in [-0.2, 0) is 4.79 Å². The lowest BCUT2D eigenvalue weighted by Gasteiger charge is -2.06. The van der Waals surface area contributed by atoms with Crippen LogP contribution in [0.4, 0.5) is 0 Å². The summed E-state index contributed by atoms with van der Waals surface area (Å²) in [5, 5.41) is 5.45. The van der Waals surface area contributed by atoms with Gasteiger partial charge in [-0.1, -0.05) is 12.1 Å². The van der Waals surface area contributed by atoms with E-state index in [0.29, 0.717) is 30.1 Å². The van der Waals surface area contributed by atoms with Crippen LogP contribution in [0.2, 0.25) is 0 Å². The van der Waals surface area contributed by atoms with Crippen LogP contribution in [0.3, 0.4) is 0 Å². The van der Waals surface area contributed by atoms with Crippen LogP contribution in [0.1, 0.15) is 16.1 Å². The van der Waals surface area contributed by atoms with Gasteiger partial charge in [0.1, 0.15) is 5.75 Å². The molecule has 7 nitrogen and oxygen atoms in total. The summed E-state index contributed by atoms with van der Waals surface area (Å²) in [7, 11) is 1.57. The molecule has 0 spiro atoms. The highest BCUT2D eigenvalue weighted by atomic mass is 16.5. The molecule has 28 heavy (non-hydrogen) atoms. The first kappa shape index (κ1) is 19.0. The number of para-hydroxylation sites is 2. The minimum absolute atomic E-state index is 0.209. The fourth-order valence-corrected chi connectivity index (χ4v) is 2.48. The average molecular weight is 376 g/mol. The number of nitrogens with one attached hydrogen (secondary N) is 2. The summed E-state index contributed by atoms with van der Waals surface area (Å²) in [6.07, 6.45) is 4.61. The largest absolute Gasteiger partial charge is 0.497 e. The van der Waals surface area contributed by atoms with Gasteiger partial charge in [-0.15, -0.1) is 0 Å². The molecule has 2 amide bonds. The lowest BCUT2D eigenvalue weighted by molar-refractivity contribution is -0.116. The molecule has 3 rings (SSSR count). The Bertz CT molecular complexity index is 1000. The summed E-state index contributed by atoms with van der Waals surface area (Å²) >= 11 is 0. The number of nitrogens with zero attached hydrogens (tertiary/aromatic N) is 2.